The molecule has 1 heterocycles. The summed E-state index contributed by atoms with van der Waals surface area (Å²) in [6, 6.07) is 5.91. The van der Waals surface area contributed by atoms with E-state index in [1.54, 1.807) is 0 Å². The third kappa shape index (κ3) is 3.50. The largest absolute Gasteiger partial charge is 0.489 e. The molecular weight excluding hydrogens is 226 g/mol. The van der Waals surface area contributed by atoms with Gasteiger partial charge in [0, 0.05) is 12.5 Å². The van der Waals surface area contributed by atoms with Crippen LogP contribution in [0.1, 0.15) is 25.8 Å². The number of rotatable bonds is 4. The highest BCUT2D eigenvalue weighted by molar-refractivity contribution is 5.62. The zero-order valence-electron chi connectivity index (χ0n) is 11.1. The van der Waals surface area contributed by atoms with Crippen molar-refractivity contribution in [1.82, 2.24) is 0 Å². The van der Waals surface area contributed by atoms with Crippen molar-refractivity contribution in [1.29, 1.82) is 0 Å². The van der Waals surface area contributed by atoms with Crippen molar-refractivity contribution in [2.24, 2.45) is 5.92 Å². The molecule has 0 amide bonds. The topological polar surface area (TPSA) is 44.5 Å². The first-order chi connectivity index (χ1) is 8.65. The van der Waals surface area contributed by atoms with E-state index in [0.717, 1.165) is 30.9 Å². The van der Waals surface area contributed by atoms with Crippen molar-refractivity contribution in [3.63, 3.8) is 0 Å². The van der Waals surface area contributed by atoms with E-state index in [1.165, 1.54) is 0 Å². The van der Waals surface area contributed by atoms with Crippen molar-refractivity contribution in [3.05, 3.63) is 29.8 Å². The number of nitrogens with two attached hydrogens (primary N) is 1. The van der Waals surface area contributed by atoms with Crippen LogP contribution in [-0.4, -0.2) is 19.3 Å². The van der Waals surface area contributed by atoms with Crippen LogP contribution in [0.2, 0.25) is 0 Å². The molecule has 18 heavy (non-hydrogen) atoms. The molecule has 1 aliphatic heterocycles. The van der Waals surface area contributed by atoms with Gasteiger partial charge in [-0.2, -0.15) is 0 Å². The molecule has 0 radical (unpaired) electrons. The Morgan fingerprint density at radius 2 is 2.28 bits per heavy atom. The van der Waals surface area contributed by atoms with Gasteiger partial charge >= 0.3 is 0 Å². The summed E-state index contributed by atoms with van der Waals surface area (Å²) < 4.78 is 10.9. The van der Waals surface area contributed by atoms with E-state index in [-0.39, 0.29) is 6.10 Å². The smallest absolute Gasteiger partial charge is 0.142 e. The molecule has 1 aromatic rings. The zero-order valence-corrected chi connectivity index (χ0v) is 11.1. The van der Waals surface area contributed by atoms with E-state index in [2.05, 4.69) is 12.2 Å². The maximum atomic E-state index is 5.97. The highest BCUT2D eigenvalue weighted by Crippen LogP contribution is 2.25. The predicted octanol–water partition coefficient (Wildman–Crippen LogP) is 3.11. The Morgan fingerprint density at radius 3 is 2.89 bits per heavy atom. The van der Waals surface area contributed by atoms with Crippen LogP contribution >= 0.6 is 0 Å². The summed E-state index contributed by atoms with van der Waals surface area (Å²) in [7, 11) is 0. The highest BCUT2D eigenvalue weighted by atomic mass is 16.5. The van der Waals surface area contributed by atoms with Gasteiger partial charge in [-0.1, -0.05) is 18.2 Å². The normalized spacial score (nSPS) is 19.8. The Kier molecular flexibility index (Phi) is 4.26. The standard InChI is InChI=1S/C15H21NO2/c1-11(2)18-15-6-5-12(9-14(15)16)3-4-13-7-8-17-10-13/h3-6,9,11,13H,7-8,10,16H2,1-2H3/b4-3+. The molecule has 1 saturated heterocycles. The monoisotopic (exact) mass is 247 g/mol. The van der Waals surface area contributed by atoms with E-state index in [0.29, 0.717) is 11.6 Å². The van der Waals surface area contributed by atoms with Gasteiger partial charge in [0.15, 0.2) is 0 Å². The Hall–Kier alpha value is -1.48. The lowest BCUT2D eigenvalue weighted by Gasteiger charge is -2.12. The Morgan fingerprint density at radius 1 is 1.44 bits per heavy atom. The van der Waals surface area contributed by atoms with Gasteiger partial charge in [0.1, 0.15) is 5.75 Å². The van der Waals surface area contributed by atoms with Crippen molar-refractivity contribution in [2.75, 3.05) is 18.9 Å². The first kappa shape index (κ1) is 13.0. The second kappa shape index (κ2) is 5.91. The third-order valence-electron chi connectivity index (χ3n) is 2.92. The molecule has 1 aromatic carbocycles. The third-order valence-corrected chi connectivity index (χ3v) is 2.92. The van der Waals surface area contributed by atoms with Crippen molar-refractivity contribution in [2.45, 2.75) is 26.4 Å². The van der Waals surface area contributed by atoms with Crippen LogP contribution in [0.15, 0.2) is 24.3 Å². The van der Waals surface area contributed by atoms with E-state index < -0.39 is 0 Å². The summed E-state index contributed by atoms with van der Waals surface area (Å²) in [4.78, 5) is 0. The number of ether oxygens (including phenoxy) is 2. The van der Waals surface area contributed by atoms with E-state index in [9.17, 15) is 0 Å². The first-order valence-electron chi connectivity index (χ1n) is 6.47. The van der Waals surface area contributed by atoms with Gasteiger partial charge in [0.05, 0.1) is 18.4 Å². The fourth-order valence-electron chi connectivity index (χ4n) is 1.98. The maximum absolute atomic E-state index is 5.97. The van der Waals surface area contributed by atoms with E-state index in [4.69, 9.17) is 15.2 Å². The van der Waals surface area contributed by atoms with Gasteiger partial charge in [0.25, 0.3) is 0 Å². The van der Waals surface area contributed by atoms with Gasteiger partial charge in [-0.25, -0.2) is 0 Å². The van der Waals surface area contributed by atoms with Gasteiger partial charge in [-0.15, -0.1) is 0 Å². The van der Waals surface area contributed by atoms with Crippen LogP contribution in [0.3, 0.4) is 0 Å². The fourth-order valence-corrected chi connectivity index (χ4v) is 1.98. The Labute approximate surface area is 109 Å². The molecule has 1 unspecified atom stereocenters. The summed E-state index contributed by atoms with van der Waals surface area (Å²) in [5, 5.41) is 0. The minimum Gasteiger partial charge on any atom is -0.489 e. The molecule has 0 spiro atoms. The molecular formula is C15H21NO2. The average Bonchev–Trinajstić information content (AvgIpc) is 2.82. The quantitative estimate of drug-likeness (QED) is 0.831. The van der Waals surface area contributed by atoms with Crippen molar-refractivity contribution in [3.8, 4) is 5.75 Å². The van der Waals surface area contributed by atoms with Crippen LogP contribution in [-0.2, 0) is 4.74 Å². The molecule has 0 bridgehead atoms. The van der Waals surface area contributed by atoms with Gasteiger partial charge in [-0.3, -0.25) is 0 Å². The lowest BCUT2D eigenvalue weighted by Crippen LogP contribution is -2.07. The lowest BCUT2D eigenvalue weighted by atomic mass is 10.1. The van der Waals surface area contributed by atoms with Gasteiger partial charge in [0.2, 0.25) is 0 Å². The SMILES string of the molecule is CC(C)Oc1ccc(/C=C/C2CCOC2)cc1N. The minimum atomic E-state index is 0.143. The summed E-state index contributed by atoms with van der Waals surface area (Å²) in [5.74, 6) is 1.30. The first-order valence-corrected chi connectivity index (χ1v) is 6.47. The van der Waals surface area contributed by atoms with Gasteiger partial charge < -0.3 is 15.2 Å². The van der Waals surface area contributed by atoms with E-state index >= 15 is 0 Å². The Bertz CT molecular complexity index is 421. The summed E-state index contributed by atoms with van der Waals surface area (Å²) in [6.07, 6.45) is 5.56. The Balaban J connectivity index is 2.03. The van der Waals surface area contributed by atoms with E-state index in [1.807, 2.05) is 32.0 Å². The molecule has 1 fully saturated rings. The number of benzene rings is 1. The highest BCUT2D eigenvalue weighted by Gasteiger charge is 2.11. The van der Waals surface area contributed by atoms with Crippen LogP contribution in [0.5, 0.6) is 5.75 Å². The lowest BCUT2D eigenvalue weighted by molar-refractivity contribution is 0.191. The summed E-state index contributed by atoms with van der Waals surface area (Å²) in [6.45, 7) is 5.69. The van der Waals surface area contributed by atoms with Gasteiger partial charge in [-0.05, 0) is 38.0 Å². The molecule has 1 atom stereocenters. The minimum absolute atomic E-state index is 0.143. The maximum Gasteiger partial charge on any atom is 0.142 e. The molecule has 2 rings (SSSR count). The summed E-state index contributed by atoms with van der Waals surface area (Å²) >= 11 is 0. The van der Waals surface area contributed by atoms with Crippen LogP contribution in [0.4, 0.5) is 5.69 Å². The summed E-state index contributed by atoms with van der Waals surface area (Å²) in [5.41, 5.74) is 7.77. The zero-order chi connectivity index (χ0) is 13.0. The van der Waals surface area contributed by atoms with Crippen LogP contribution in [0, 0.1) is 5.92 Å². The van der Waals surface area contributed by atoms with Crippen molar-refractivity contribution >= 4 is 11.8 Å². The molecule has 0 aromatic heterocycles. The molecule has 0 saturated carbocycles. The molecule has 3 nitrogen and oxygen atoms in total. The molecule has 3 heteroatoms. The fraction of sp³-hybridized carbons (Fsp3) is 0.467. The van der Waals surface area contributed by atoms with Crippen LogP contribution < -0.4 is 10.5 Å². The number of anilines is 1. The van der Waals surface area contributed by atoms with Crippen molar-refractivity contribution < 1.29 is 9.47 Å². The average molecular weight is 247 g/mol. The number of hydrogen-bond acceptors (Lipinski definition) is 3. The second-order valence-corrected chi connectivity index (χ2v) is 4.95. The van der Waals surface area contributed by atoms with Crippen LogP contribution in [0.25, 0.3) is 6.08 Å². The number of nitrogen functional groups attached to an aromatic ring is 1. The predicted molar refractivity (Wildman–Crippen MR) is 74.6 cm³/mol. The molecule has 2 N–H and O–H groups in total. The molecule has 0 aliphatic carbocycles. The number of hydrogen-bond donors (Lipinski definition) is 1. The molecule has 98 valence electrons. The second-order valence-electron chi connectivity index (χ2n) is 4.95. The molecule has 1 aliphatic rings.